The summed E-state index contributed by atoms with van der Waals surface area (Å²) in [5.74, 6) is -2.46. The third-order valence-electron chi connectivity index (χ3n) is 10.4. The highest BCUT2D eigenvalue weighted by molar-refractivity contribution is 6.16. The number of hydrogen-bond donors (Lipinski definition) is 3. The zero-order valence-corrected chi connectivity index (χ0v) is 32.1. The molecule has 0 heterocycles. The van der Waals surface area contributed by atoms with Crippen LogP contribution in [0.5, 0.6) is 0 Å². The lowest BCUT2D eigenvalue weighted by molar-refractivity contribution is -0.194. The molecule has 48 heavy (non-hydrogen) atoms. The largest absolute Gasteiger partial charge is 0.393 e. The molecule has 0 radical (unpaired) electrons. The van der Waals surface area contributed by atoms with E-state index in [2.05, 4.69) is 20.8 Å². The van der Waals surface area contributed by atoms with E-state index in [1.165, 1.54) is 103 Å². The van der Waals surface area contributed by atoms with Crippen LogP contribution in [-0.2, 0) is 14.4 Å². The maximum absolute atomic E-state index is 13.6. The van der Waals surface area contributed by atoms with E-state index in [1.807, 2.05) is 0 Å². The molecule has 0 saturated heterocycles. The van der Waals surface area contributed by atoms with E-state index in [9.17, 15) is 29.7 Å². The normalized spacial score (nSPS) is 13.1. The molecule has 3 N–H and O–H groups in total. The van der Waals surface area contributed by atoms with Crippen molar-refractivity contribution >= 4 is 17.3 Å². The third-order valence-corrected chi connectivity index (χ3v) is 10.4. The van der Waals surface area contributed by atoms with Crippen LogP contribution in [0.2, 0.25) is 0 Å². The number of unbranched alkanes of at least 4 members (excludes halogenated alkanes) is 27. The van der Waals surface area contributed by atoms with Crippen molar-refractivity contribution in [3.63, 3.8) is 0 Å². The molecule has 0 aromatic heterocycles. The molecule has 1 atom stereocenters. The molecule has 0 aromatic rings. The quantitative estimate of drug-likeness (QED) is 0.0442. The first-order chi connectivity index (χ1) is 23.3. The van der Waals surface area contributed by atoms with Crippen molar-refractivity contribution in [1.29, 1.82) is 0 Å². The SMILES string of the molecule is CCCCCCCCCCCCC(=O)C(O)(C(=O)CCCCCCCCCCCC)[C@@](O)(CO)C(=O)CCCCCCCCCCCC. The first kappa shape index (κ1) is 46.9. The highest BCUT2D eigenvalue weighted by Gasteiger charge is 2.62. The Bertz CT molecular complexity index is 744. The molecule has 0 saturated carbocycles. The van der Waals surface area contributed by atoms with Gasteiger partial charge >= 0.3 is 0 Å². The number of carbonyl (C=O) groups excluding carboxylic acids is 3. The summed E-state index contributed by atoms with van der Waals surface area (Å²) in [4.78, 5) is 40.6. The monoisotopic (exact) mass is 681 g/mol. The fraction of sp³-hybridized carbons (Fsp3) is 0.929. The predicted octanol–water partition coefficient (Wildman–Crippen LogP) is 11.1. The maximum Gasteiger partial charge on any atom is 0.219 e. The Morgan fingerprint density at radius 1 is 0.354 bits per heavy atom. The van der Waals surface area contributed by atoms with E-state index in [0.717, 1.165) is 70.6 Å². The summed E-state index contributed by atoms with van der Waals surface area (Å²) in [5.41, 5.74) is -5.71. The van der Waals surface area contributed by atoms with Crippen LogP contribution in [0.4, 0.5) is 0 Å². The standard InChI is InChI=1S/C42H80O6/c1-4-7-10-13-16-19-22-25-28-31-34-38(44)41(47,37-43)42(48,39(45)35-32-29-26-23-20-17-14-11-8-5-2)40(46)36-33-30-27-24-21-18-15-12-9-6-3/h43,47-48H,4-37H2,1-3H3/t41-/m1/s1. The van der Waals surface area contributed by atoms with Gasteiger partial charge in [-0.15, -0.1) is 0 Å². The first-order valence-electron chi connectivity index (χ1n) is 20.9. The van der Waals surface area contributed by atoms with E-state index in [1.54, 1.807) is 0 Å². The van der Waals surface area contributed by atoms with Gasteiger partial charge in [-0.05, 0) is 19.3 Å². The van der Waals surface area contributed by atoms with Gasteiger partial charge in [-0.1, -0.05) is 194 Å². The van der Waals surface area contributed by atoms with Crippen LogP contribution >= 0.6 is 0 Å². The molecule has 0 aromatic carbocycles. The minimum Gasteiger partial charge on any atom is -0.393 e. The molecule has 0 rings (SSSR count). The number of hydrogen-bond acceptors (Lipinski definition) is 6. The van der Waals surface area contributed by atoms with E-state index in [0.29, 0.717) is 19.3 Å². The number of aliphatic hydroxyl groups excluding tert-OH is 1. The first-order valence-corrected chi connectivity index (χ1v) is 20.9. The molecule has 0 bridgehead atoms. The Hall–Kier alpha value is -1.11. The average Bonchev–Trinajstić information content (AvgIpc) is 3.09. The van der Waals surface area contributed by atoms with Gasteiger partial charge in [-0.3, -0.25) is 14.4 Å². The fourth-order valence-corrected chi connectivity index (χ4v) is 6.91. The van der Waals surface area contributed by atoms with Crippen LogP contribution in [0.25, 0.3) is 0 Å². The zero-order chi connectivity index (χ0) is 35.8. The molecular weight excluding hydrogens is 600 g/mol. The van der Waals surface area contributed by atoms with E-state index < -0.39 is 35.2 Å². The van der Waals surface area contributed by atoms with Gasteiger partial charge in [0.1, 0.15) is 0 Å². The summed E-state index contributed by atoms with van der Waals surface area (Å²) in [5, 5.41) is 33.6. The van der Waals surface area contributed by atoms with Crippen LogP contribution in [0.3, 0.4) is 0 Å². The molecule has 0 spiro atoms. The number of carbonyl (C=O) groups is 3. The topological polar surface area (TPSA) is 112 Å². The van der Waals surface area contributed by atoms with E-state index in [-0.39, 0.29) is 19.3 Å². The second-order valence-corrected chi connectivity index (χ2v) is 14.8. The minimum atomic E-state index is -2.91. The highest BCUT2D eigenvalue weighted by Crippen LogP contribution is 2.32. The van der Waals surface area contributed by atoms with Crippen molar-refractivity contribution in [3.05, 3.63) is 0 Å². The summed E-state index contributed by atoms with van der Waals surface area (Å²) in [6.45, 7) is 5.49. The molecule has 0 unspecified atom stereocenters. The second-order valence-electron chi connectivity index (χ2n) is 14.8. The molecule has 0 aliphatic heterocycles. The van der Waals surface area contributed by atoms with Crippen molar-refractivity contribution in [2.24, 2.45) is 0 Å². The zero-order valence-electron chi connectivity index (χ0n) is 32.1. The summed E-state index contributed by atoms with van der Waals surface area (Å²) >= 11 is 0. The van der Waals surface area contributed by atoms with Gasteiger partial charge in [0, 0.05) is 19.3 Å². The Balaban J connectivity index is 5.08. The van der Waals surface area contributed by atoms with Gasteiger partial charge in [0.2, 0.25) is 5.60 Å². The second kappa shape index (κ2) is 31.8. The van der Waals surface area contributed by atoms with Crippen molar-refractivity contribution in [2.45, 2.75) is 244 Å². The third kappa shape index (κ3) is 20.5. The molecule has 0 amide bonds. The van der Waals surface area contributed by atoms with E-state index >= 15 is 0 Å². The number of ketones is 3. The summed E-state index contributed by atoms with van der Waals surface area (Å²) < 4.78 is 0. The molecule has 0 aliphatic carbocycles. The van der Waals surface area contributed by atoms with Crippen LogP contribution in [0.1, 0.15) is 233 Å². The Labute approximate surface area is 297 Å². The van der Waals surface area contributed by atoms with Crippen molar-refractivity contribution in [2.75, 3.05) is 6.61 Å². The molecule has 6 nitrogen and oxygen atoms in total. The van der Waals surface area contributed by atoms with Gasteiger partial charge in [-0.25, -0.2) is 0 Å². The average molecular weight is 681 g/mol. The minimum absolute atomic E-state index is 0.0764. The number of Topliss-reactive ketones (excluding diaryl/α,β-unsaturated/α-hetero) is 3. The molecular formula is C42H80O6. The van der Waals surface area contributed by atoms with Gasteiger partial charge in [0.05, 0.1) is 6.61 Å². The van der Waals surface area contributed by atoms with Crippen molar-refractivity contribution in [3.8, 4) is 0 Å². The fourth-order valence-electron chi connectivity index (χ4n) is 6.91. The predicted molar refractivity (Wildman–Crippen MR) is 201 cm³/mol. The Morgan fingerprint density at radius 3 is 0.792 bits per heavy atom. The van der Waals surface area contributed by atoms with Crippen LogP contribution in [-0.4, -0.2) is 50.5 Å². The van der Waals surface area contributed by atoms with Gasteiger partial charge in [0.25, 0.3) is 0 Å². The number of rotatable bonds is 38. The molecule has 0 aliphatic rings. The van der Waals surface area contributed by atoms with Crippen LogP contribution in [0.15, 0.2) is 0 Å². The summed E-state index contributed by atoms with van der Waals surface area (Å²) in [6.07, 6.45) is 32.0. The van der Waals surface area contributed by atoms with Gasteiger partial charge in [0.15, 0.2) is 23.0 Å². The lowest BCUT2D eigenvalue weighted by Gasteiger charge is -2.39. The van der Waals surface area contributed by atoms with Crippen molar-refractivity contribution in [1.82, 2.24) is 0 Å². The van der Waals surface area contributed by atoms with E-state index in [4.69, 9.17) is 0 Å². The van der Waals surface area contributed by atoms with Gasteiger partial charge < -0.3 is 15.3 Å². The Kier molecular flexibility index (Phi) is 31.1. The smallest absolute Gasteiger partial charge is 0.219 e. The summed E-state index contributed by atoms with van der Waals surface area (Å²) in [6, 6.07) is 0. The summed E-state index contributed by atoms with van der Waals surface area (Å²) in [7, 11) is 0. The van der Waals surface area contributed by atoms with Crippen molar-refractivity contribution < 1.29 is 29.7 Å². The lowest BCUT2D eigenvalue weighted by atomic mass is 9.71. The lowest BCUT2D eigenvalue weighted by Crippen LogP contribution is -2.69. The molecule has 0 fully saturated rings. The number of aliphatic hydroxyl groups is 3. The van der Waals surface area contributed by atoms with Crippen LogP contribution in [0, 0.1) is 0 Å². The maximum atomic E-state index is 13.6. The van der Waals surface area contributed by atoms with Crippen LogP contribution < -0.4 is 0 Å². The highest BCUT2D eigenvalue weighted by atomic mass is 16.4. The van der Waals surface area contributed by atoms with Gasteiger partial charge in [-0.2, -0.15) is 0 Å². The molecule has 6 heteroatoms. The Morgan fingerprint density at radius 2 is 0.562 bits per heavy atom. The molecule has 284 valence electrons.